The van der Waals surface area contributed by atoms with E-state index in [-0.39, 0.29) is 56.4 Å². The Labute approximate surface area is 217 Å². The number of alkyl halides is 3. The fraction of sp³-hybridized carbons (Fsp3) is 0.250. The summed E-state index contributed by atoms with van der Waals surface area (Å²) in [4.78, 5) is 39.3. The number of carbonyl (C=O) groups is 2. The molecule has 0 bridgehead atoms. The maximum Gasteiger partial charge on any atom is 0.433 e. The summed E-state index contributed by atoms with van der Waals surface area (Å²) in [6.07, 6.45) is -4.95. The number of hydrogen-bond acceptors (Lipinski definition) is 7. The summed E-state index contributed by atoms with van der Waals surface area (Å²) in [5.41, 5.74) is 6.06. The van der Waals surface area contributed by atoms with Crippen molar-refractivity contribution in [2.45, 2.75) is 39.9 Å². The van der Waals surface area contributed by atoms with E-state index in [0.717, 1.165) is 11.6 Å². The number of primary amides is 1. The molecule has 3 N–H and O–H groups in total. The number of carbonyl (C=O) groups excluding carboxylic acids is 2. The number of anilines is 1. The number of benzene rings is 1. The SMILES string of the molecule is Cc1ccc(-c2cc(C(F)(F)F)nc3sc(C(N)=O)c(NC(=O)CCn4nc(C)c([N+](=O)[O-])c4C)c23)cc1. The van der Waals surface area contributed by atoms with Crippen molar-refractivity contribution in [3.05, 3.63) is 68.0 Å². The second kappa shape index (κ2) is 9.85. The average Bonchev–Trinajstić information content (AvgIpc) is 3.33. The zero-order chi connectivity index (χ0) is 27.9. The molecule has 4 aromatic rings. The number of fused-ring (bicyclic) bond motifs is 1. The third kappa shape index (κ3) is 5.07. The first-order valence-electron chi connectivity index (χ1n) is 11.2. The highest BCUT2D eigenvalue weighted by atomic mass is 32.1. The molecule has 4 rings (SSSR count). The molecule has 14 heteroatoms. The Kier molecular flexibility index (Phi) is 6.93. The molecular weight excluding hydrogens is 525 g/mol. The Balaban J connectivity index is 1.77. The average molecular weight is 547 g/mol. The summed E-state index contributed by atoms with van der Waals surface area (Å²) >= 11 is 0.649. The van der Waals surface area contributed by atoms with Crippen molar-refractivity contribution >= 4 is 44.7 Å². The smallest absolute Gasteiger partial charge is 0.365 e. The van der Waals surface area contributed by atoms with Crippen molar-refractivity contribution in [3.63, 3.8) is 0 Å². The van der Waals surface area contributed by atoms with Crippen LogP contribution < -0.4 is 11.1 Å². The van der Waals surface area contributed by atoms with Gasteiger partial charge >= 0.3 is 11.9 Å². The first-order chi connectivity index (χ1) is 17.8. The number of halogens is 3. The maximum absolute atomic E-state index is 13.7. The van der Waals surface area contributed by atoms with Gasteiger partial charge in [-0.2, -0.15) is 18.3 Å². The van der Waals surface area contributed by atoms with Gasteiger partial charge in [0.1, 0.15) is 26.8 Å². The van der Waals surface area contributed by atoms with Gasteiger partial charge in [-0.15, -0.1) is 11.3 Å². The number of nitrogens with two attached hydrogens (primary N) is 1. The number of thiophene rings is 1. The van der Waals surface area contributed by atoms with Crippen LogP contribution in [0.1, 0.15) is 38.7 Å². The summed E-state index contributed by atoms with van der Waals surface area (Å²) in [5.74, 6) is -1.54. The Hall–Kier alpha value is -4.33. The molecule has 0 atom stereocenters. The maximum atomic E-state index is 13.7. The van der Waals surface area contributed by atoms with Crippen LogP contribution in [0.3, 0.4) is 0 Å². The number of rotatable bonds is 7. The zero-order valence-corrected chi connectivity index (χ0v) is 21.2. The van der Waals surface area contributed by atoms with Crippen LogP contribution in [0.2, 0.25) is 0 Å². The van der Waals surface area contributed by atoms with Crippen molar-refractivity contribution in [2.24, 2.45) is 5.73 Å². The van der Waals surface area contributed by atoms with Crippen molar-refractivity contribution in [1.29, 1.82) is 0 Å². The number of nitrogens with zero attached hydrogens (tertiary/aromatic N) is 4. The lowest BCUT2D eigenvalue weighted by Gasteiger charge is -2.13. The van der Waals surface area contributed by atoms with E-state index in [4.69, 9.17) is 5.73 Å². The largest absolute Gasteiger partial charge is 0.433 e. The molecule has 3 heterocycles. The topological polar surface area (TPSA) is 146 Å². The van der Waals surface area contributed by atoms with Gasteiger partial charge in [-0.3, -0.25) is 24.4 Å². The molecule has 0 aliphatic heterocycles. The molecule has 10 nitrogen and oxygen atoms in total. The second-order valence-corrected chi connectivity index (χ2v) is 9.57. The number of nitro groups is 1. The highest BCUT2D eigenvalue weighted by molar-refractivity contribution is 7.21. The Morgan fingerprint density at radius 2 is 1.84 bits per heavy atom. The third-order valence-electron chi connectivity index (χ3n) is 5.88. The number of aryl methyl sites for hydroxylation is 3. The highest BCUT2D eigenvalue weighted by Crippen LogP contribution is 2.43. The molecule has 2 amide bonds. The number of aromatic nitrogens is 3. The molecule has 1 aromatic carbocycles. The van der Waals surface area contributed by atoms with E-state index in [1.54, 1.807) is 24.3 Å². The predicted molar refractivity (Wildman–Crippen MR) is 135 cm³/mol. The van der Waals surface area contributed by atoms with Crippen LogP contribution in [0, 0.1) is 30.9 Å². The van der Waals surface area contributed by atoms with E-state index in [0.29, 0.717) is 16.9 Å². The van der Waals surface area contributed by atoms with Crippen LogP contribution >= 0.6 is 11.3 Å². The Morgan fingerprint density at radius 3 is 2.39 bits per heavy atom. The van der Waals surface area contributed by atoms with Crippen molar-refractivity contribution in [3.8, 4) is 11.1 Å². The standard InChI is InChI=1S/C24H21F3N6O4S/c1-11-4-6-14(7-5-11)15-10-16(24(25,26)27)29-23-18(15)19(21(38-23)22(28)35)30-17(34)8-9-32-13(3)20(33(36)37)12(2)31-32/h4-7,10H,8-9H2,1-3H3,(H2,28,35)(H,30,34). The molecular formula is C24H21F3N6O4S. The van der Waals surface area contributed by atoms with Crippen LogP contribution in [0.5, 0.6) is 0 Å². The minimum atomic E-state index is -4.75. The van der Waals surface area contributed by atoms with Crippen LogP contribution in [0.4, 0.5) is 24.5 Å². The molecule has 0 aliphatic carbocycles. The number of amides is 2. The lowest BCUT2D eigenvalue weighted by Crippen LogP contribution is -2.18. The van der Waals surface area contributed by atoms with Gasteiger partial charge in [0.15, 0.2) is 0 Å². The predicted octanol–water partition coefficient (Wildman–Crippen LogP) is 5.14. The van der Waals surface area contributed by atoms with Crippen LogP contribution in [0.25, 0.3) is 21.3 Å². The summed E-state index contributed by atoms with van der Waals surface area (Å²) in [5, 5.41) is 18.1. The van der Waals surface area contributed by atoms with E-state index in [9.17, 15) is 32.9 Å². The molecule has 0 fully saturated rings. The summed E-state index contributed by atoms with van der Waals surface area (Å²) < 4.78 is 42.3. The van der Waals surface area contributed by atoms with Gasteiger partial charge in [-0.25, -0.2) is 4.98 Å². The van der Waals surface area contributed by atoms with E-state index in [1.165, 1.54) is 18.5 Å². The monoisotopic (exact) mass is 546 g/mol. The summed E-state index contributed by atoms with van der Waals surface area (Å²) in [6.45, 7) is 4.80. The Morgan fingerprint density at radius 1 is 1.18 bits per heavy atom. The van der Waals surface area contributed by atoms with E-state index in [1.807, 2.05) is 6.92 Å². The second-order valence-electron chi connectivity index (χ2n) is 8.57. The third-order valence-corrected chi connectivity index (χ3v) is 6.98. The zero-order valence-electron chi connectivity index (χ0n) is 20.3. The molecule has 0 saturated carbocycles. The molecule has 0 unspecified atom stereocenters. The van der Waals surface area contributed by atoms with Gasteiger partial charge in [0, 0.05) is 11.8 Å². The van der Waals surface area contributed by atoms with Crippen molar-refractivity contribution in [2.75, 3.05) is 5.32 Å². The first kappa shape index (κ1) is 26.7. The number of nitrogens with one attached hydrogen (secondary N) is 1. The number of pyridine rings is 1. The van der Waals surface area contributed by atoms with E-state index < -0.39 is 28.6 Å². The highest BCUT2D eigenvalue weighted by Gasteiger charge is 2.35. The lowest BCUT2D eigenvalue weighted by atomic mass is 10.00. The molecule has 0 radical (unpaired) electrons. The van der Waals surface area contributed by atoms with Crippen LogP contribution in [-0.2, 0) is 17.5 Å². The normalized spacial score (nSPS) is 11.6. The van der Waals surface area contributed by atoms with Gasteiger partial charge in [0.25, 0.3) is 5.91 Å². The molecule has 198 valence electrons. The molecule has 3 aromatic heterocycles. The van der Waals surface area contributed by atoms with Gasteiger partial charge in [0.2, 0.25) is 5.91 Å². The molecule has 0 aliphatic rings. The fourth-order valence-electron chi connectivity index (χ4n) is 4.08. The van der Waals surface area contributed by atoms with Crippen LogP contribution in [-0.4, -0.2) is 31.5 Å². The van der Waals surface area contributed by atoms with Crippen molar-refractivity contribution < 1.29 is 27.7 Å². The van der Waals surface area contributed by atoms with E-state index >= 15 is 0 Å². The van der Waals surface area contributed by atoms with Crippen molar-refractivity contribution in [1.82, 2.24) is 14.8 Å². The molecule has 0 spiro atoms. The fourth-order valence-corrected chi connectivity index (χ4v) is 5.08. The molecule has 38 heavy (non-hydrogen) atoms. The lowest BCUT2D eigenvalue weighted by molar-refractivity contribution is -0.386. The summed E-state index contributed by atoms with van der Waals surface area (Å²) in [7, 11) is 0. The molecule has 0 saturated heterocycles. The van der Waals surface area contributed by atoms with Gasteiger partial charge in [-0.1, -0.05) is 29.8 Å². The number of hydrogen-bond donors (Lipinski definition) is 2. The van der Waals surface area contributed by atoms with Gasteiger partial charge in [0.05, 0.1) is 17.2 Å². The quantitative estimate of drug-likeness (QED) is 0.242. The van der Waals surface area contributed by atoms with Gasteiger partial charge < -0.3 is 11.1 Å². The first-order valence-corrected chi connectivity index (χ1v) is 12.0. The van der Waals surface area contributed by atoms with Gasteiger partial charge in [-0.05, 0) is 38.0 Å². The van der Waals surface area contributed by atoms with Crippen LogP contribution in [0.15, 0.2) is 30.3 Å². The summed E-state index contributed by atoms with van der Waals surface area (Å²) in [6, 6.07) is 7.58. The Bertz CT molecular complexity index is 1590. The van der Waals surface area contributed by atoms with E-state index in [2.05, 4.69) is 15.4 Å². The minimum Gasteiger partial charge on any atom is -0.365 e. The minimum absolute atomic E-state index is 0.0123.